The Labute approximate surface area is 143 Å². The summed E-state index contributed by atoms with van der Waals surface area (Å²) in [6.45, 7) is 3.46. The summed E-state index contributed by atoms with van der Waals surface area (Å²) >= 11 is 0. The minimum absolute atomic E-state index is 0.0383. The lowest BCUT2D eigenvalue weighted by Crippen LogP contribution is -2.44. The van der Waals surface area contributed by atoms with Gasteiger partial charge in [0.05, 0.1) is 12.3 Å². The summed E-state index contributed by atoms with van der Waals surface area (Å²) in [5.41, 5.74) is 1.11. The van der Waals surface area contributed by atoms with E-state index < -0.39 is 9.84 Å². The summed E-state index contributed by atoms with van der Waals surface area (Å²) in [6.07, 6.45) is 3.18. The fraction of sp³-hybridized carbons (Fsp3) is 0.529. The number of ketones is 1. The molecular weight excluding hydrogens is 328 g/mol. The van der Waals surface area contributed by atoms with Crippen LogP contribution in [0.25, 0.3) is 0 Å². The molecule has 6 nitrogen and oxygen atoms in total. The smallest absolute Gasteiger partial charge is 0.238 e. The zero-order valence-corrected chi connectivity index (χ0v) is 15.1. The number of sulfone groups is 1. The molecule has 0 spiro atoms. The molecular formula is C17H24N2O4S. The minimum Gasteiger partial charge on any atom is -0.325 e. The number of nitrogens with zero attached hydrogens (tertiary/aromatic N) is 1. The van der Waals surface area contributed by atoms with E-state index in [9.17, 15) is 18.0 Å². The Hall–Kier alpha value is -1.73. The molecule has 7 heteroatoms. The zero-order valence-electron chi connectivity index (χ0n) is 14.3. The van der Waals surface area contributed by atoms with E-state index in [0.29, 0.717) is 11.3 Å². The third kappa shape index (κ3) is 5.72. The zero-order chi connectivity index (χ0) is 17.9. The molecule has 1 unspecified atom stereocenters. The van der Waals surface area contributed by atoms with Crippen LogP contribution < -0.4 is 5.32 Å². The van der Waals surface area contributed by atoms with Crippen LogP contribution in [0.15, 0.2) is 24.3 Å². The molecule has 2 rings (SSSR count). The van der Waals surface area contributed by atoms with Crippen LogP contribution >= 0.6 is 0 Å². The van der Waals surface area contributed by atoms with Gasteiger partial charge in [0.15, 0.2) is 5.78 Å². The van der Waals surface area contributed by atoms with Crippen LogP contribution in [0.5, 0.6) is 0 Å². The number of hydrogen-bond donors (Lipinski definition) is 1. The monoisotopic (exact) mass is 352 g/mol. The largest absolute Gasteiger partial charge is 0.325 e. The Morgan fingerprint density at radius 3 is 2.54 bits per heavy atom. The van der Waals surface area contributed by atoms with Crippen LogP contribution in [0.2, 0.25) is 0 Å². The molecule has 1 aliphatic rings. The Kier molecular flexibility index (Phi) is 5.77. The van der Waals surface area contributed by atoms with Gasteiger partial charge in [0.25, 0.3) is 0 Å². The first-order chi connectivity index (χ1) is 11.2. The van der Waals surface area contributed by atoms with Crippen molar-refractivity contribution in [3.8, 4) is 0 Å². The quantitative estimate of drug-likeness (QED) is 0.720. The number of carbonyl (C=O) groups is 2. The van der Waals surface area contributed by atoms with Crippen molar-refractivity contribution >= 4 is 27.2 Å². The van der Waals surface area contributed by atoms with E-state index >= 15 is 0 Å². The number of hydrogen-bond acceptors (Lipinski definition) is 5. The average Bonchev–Trinajstić information content (AvgIpc) is 3.27. The number of rotatable bonds is 8. The van der Waals surface area contributed by atoms with Crippen LogP contribution in [0, 0.1) is 0 Å². The summed E-state index contributed by atoms with van der Waals surface area (Å²) in [4.78, 5) is 25.7. The van der Waals surface area contributed by atoms with Crippen molar-refractivity contribution in [3.05, 3.63) is 29.8 Å². The van der Waals surface area contributed by atoms with Gasteiger partial charge in [-0.3, -0.25) is 14.5 Å². The predicted molar refractivity (Wildman–Crippen MR) is 94.0 cm³/mol. The van der Waals surface area contributed by atoms with E-state index in [2.05, 4.69) is 5.32 Å². The molecule has 1 aromatic rings. The molecule has 132 valence electrons. The lowest BCUT2D eigenvalue weighted by molar-refractivity contribution is -0.117. The molecule has 1 aromatic carbocycles. The normalized spacial score (nSPS) is 16.0. The lowest BCUT2D eigenvalue weighted by Gasteiger charge is -2.28. The molecule has 1 aliphatic carbocycles. The summed E-state index contributed by atoms with van der Waals surface area (Å²) in [5.74, 6) is -0.230. The van der Waals surface area contributed by atoms with Gasteiger partial charge in [-0.1, -0.05) is 12.1 Å². The summed E-state index contributed by atoms with van der Waals surface area (Å²) in [7, 11) is -3.09. The second kappa shape index (κ2) is 7.44. The first-order valence-corrected chi connectivity index (χ1v) is 10.1. The molecule has 0 heterocycles. The second-order valence-electron chi connectivity index (χ2n) is 6.53. The van der Waals surface area contributed by atoms with Gasteiger partial charge < -0.3 is 5.32 Å². The van der Waals surface area contributed by atoms with Gasteiger partial charge in [-0.2, -0.15) is 0 Å². The highest BCUT2D eigenvalue weighted by Crippen LogP contribution is 2.28. The SMILES string of the molecule is CC(=O)c1cccc(NC(=O)CN(C(C)CS(C)(=O)=O)C2CC2)c1. The molecule has 1 N–H and O–H groups in total. The predicted octanol–water partition coefficient (Wildman–Crippen LogP) is 1.73. The van der Waals surface area contributed by atoms with Gasteiger partial charge in [0.2, 0.25) is 5.91 Å². The van der Waals surface area contributed by atoms with Gasteiger partial charge >= 0.3 is 0 Å². The topological polar surface area (TPSA) is 83.6 Å². The van der Waals surface area contributed by atoms with Crippen LogP contribution in [-0.2, 0) is 14.6 Å². The standard InChI is InChI=1S/C17H24N2O4S/c1-12(11-24(3,22)23)19(16-7-8-16)10-17(21)18-15-6-4-5-14(9-15)13(2)20/h4-6,9,12,16H,7-8,10-11H2,1-3H3,(H,18,21). The Bertz CT molecular complexity index is 726. The number of anilines is 1. The van der Waals surface area contributed by atoms with Crippen molar-refractivity contribution in [2.45, 2.75) is 38.8 Å². The number of nitrogens with one attached hydrogen (secondary N) is 1. The van der Waals surface area contributed by atoms with Gasteiger partial charge in [-0.05, 0) is 38.8 Å². The highest BCUT2D eigenvalue weighted by molar-refractivity contribution is 7.90. The third-order valence-electron chi connectivity index (χ3n) is 4.01. The van der Waals surface area contributed by atoms with E-state index in [1.54, 1.807) is 24.3 Å². The maximum atomic E-state index is 12.3. The summed E-state index contributed by atoms with van der Waals surface area (Å²) in [5, 5.41) is 2.79. The molecule has 24 heavy (non-hydrogen) atoms. The summed E-state index contributed by atoms with van der Waals surface area (Å²) in [6, 6.07) is 6.85. The molecule has 0 bridgehead atoms. The van der Waals surface area contributed by atoms with Crippen LogP contribution in [0.3, 0.4) is 0 Å². The maximum absolute atomic E-state index is 12.3. The Balaban J connectivity index is 2.01. The summed E-state index contributed by atoms with van der Waals surface area (Å²) < 4.78 is 23.0. The van der Waals surface area contributed by atoms with Crippen molar-refractivity contribution in [2.24, 2.45) is 0 Å². The van der Waals surface area contributed by atoms with Crippen LogP contribution in [0.4, 0.5) is 5.69 Å². The van der Waals surface area contributed by atoms with E-state index in [1.165, 1.54) is 13.2 Å². The van der Waals surface area contributed by atoms with Crippen molar-refractivity contribution in [1.82, 2.24) is 4.90 Å². The third-order valence-corrected chi connectivity index (χ3v) is 5.09. The Morgan fingerprint density at radius 1 is 1.33 bits per heavy atom. The molecule has 0 aliphatic heterocycles. The number of amides is 1. The molecule has 1 saturated carbocycles. The van der Waals surface area contributed by atoms with Crippen LogP contribution in [0.1, 0.15) is 37.0 Å². The number of Topliss-reactive ketones (excluding diaryl/α,β-unsaturated/α-hetero) is 1. The van der Waals surface area contributed by atoms with Crippen LogP contribution in [-0.4, -0.2) is 55.6 Å². The van der Waals surface area contributed by atoms with Gasteiger partial charge in [0, 0.05) is 29.6 Å². The first-order valence-electron chi connectivity index (χ1n) is 8.00. The van der Waals surface area contributed by atoms with Crippen molar-refractivity contribution < 1.29 is 18.0 Å². The highest BCUT2D eigenvalue weighted by atomic mass is 32.2. The van der Waals surface area contributed by atoms with E-state index in [-0.39, 0.29) is 36.1 Å². The number of benzene rings is 1. The molecule has 0 saturated heterocycles. The van der Waals surface area contributed by atoms with Gasteiger partial charge in [-0.25, -0.2) is 8.42 Å². The van der Waals surface area contributed by atoms with E-state index in [0.717, 1.165) is 12.8 Å². The van der Waals surface area contributed by atoms with E-state index in [4.69, 9.17) is 0 Å². The average molecular weight is 352 g/mol. The highest BCUT2D eigenvalue weighted by Gasteiger charge is 2.34. The number of carbonyl (C=O) groups excluding carboxylic acids is 2. The molecule has 0 radical (unpaired) electrons. The fourth-order valence-corrected chi connectivity index (χ4v) is 3.83. The molecule has 1 atom stereocenters. The minimum atomic E-state index is -3.09. The maximum Gasteiger partial charge on any atom is 0.238 e. The first kappa shape index (κ1) is 18.6. The molecule has 1 amide bonds. The molecule has 1 fully saturated rings. The van der Waals surface area contributed by atoms with Gasteiger partial charge in [0.1, 0.15) is 9.84 Å². The Morgan fingerprint density at radius 2 is 2.00 bits per heavy atom. The fourth-order valence-electron chi connectivity index (χ4n) is 2.77. The van der Waals surface area contributed by atoms with Crippen molar-refractivity contribution in [3.63, 3.8) is 0 Å². The second-order valence-corrected chi connectivity index (χ2v) is 8.71. The van der Waals surface area contributed by atoms with Gasteiger partial charge in [-0.15, -0.1) is 0 Å². The van der Waals surface area contributed by atoms with E-state index in [1.807, 2.05) is 11.8 Å². The lowest BCUT2D eigenvalue weighted by atomic mass is 10.1. The molecule has 0 aromatic heterocycles. The van der Waals surface area contributed by atoms with Crippen molar-refractivity contribution in [1.29, 1.82) is 0 Å². The van der Waals surface area contributed by atoms with Crippen molar-refractivity contribution in [2.75, 3.05) is 23.9 Å².